The molecule has 0 saturated carbocycles. The number of aromatic nitrogens is 6. The van der Waals surface area contributed by atoms with Crippen LogP contribution in [0.5, 0.6) is 11.5 Å². The van der Waals surface area contributed by atoms with Gasteiger partial charge in [-0.25, -0.2) is 0 Å². The zero-order valence-corrected chi connectivity index (χ0v) is 33.9. The number of H-pyrrole nitrogens is 2. The molecule has 2 N–H and O–H groups in total. The van der Waals surface area contributed by atoms with Crippen molar-refractivity contribution in [3.8, 4) is 22.9 Å². The summed E-state index contributed by atoms with van der Waals surface area (Å²) in [4.78, 5) is 16.4. The van der Waals surface area contributed by atoms with E-state index in [4.69, 9.17) is 9.47 Å². The van der Waals surface area contributed by atoms with Gasteiger partial charge >= 0.3 is 0 Å². The number of nitrogens with one attached hydrogen (secondary N) is 2. The molecule has 7 heterocycles. The molecular formula is C54H42N6O2. The Bertz CT molecular complexity index is 3450. The van der Waals surface area contributed by atoms with E-state index in [-0.39, 0.29) is 0 Å². The van der Waals surface area contributed by atoms with Crippen LogP contribution in [0.25, 0.3) is 57.2 Å². The van der Waals surface area contributed by atoms with Crippen LogP contribution in [-0.2, 0) is 12.8 Å². The normalized spacial score (nSPS) is 12.0. The molecule has 11 rings (SSSR count). The van der Waals surface area contributed by atoms with Crippen molar-refractivity contribution in [2.24, 2.45) is 0 Å². The topological polar surface area (TPSA) is 85.7 Å². The lowest BCUT2D eigenvalue weighted by Crippen LogP contribution is -2.14. The van der Waals surface area contributed by atoms with Crippen LogP contribution in [0.2, 0.25) is 0 Å². The number of hydrogen-bond acceptors (Lipinski definition) is 4. The third-order valence-electron chi connectivity index (χ3n) is 11.5. The second-order valence-electron chi connectivity index (χ2n) is 15.5. The predicted molar refractivity (Wildman–Crippen MR) is 248 cm³/mol. The number of benzene rings is 4. The van der Waals surface area contributed by atoms with Gasteiger partial charge in [0.05, 0.1) is 13.2 Å². The van der Waals surface area contributed by atoms with Crippen molar-refractivity contribution in [3.05, 3.63) is 226 Å². The highest BCUT2D eigenvalue weighted by molar-refractivity contribution is 6.08. The molecule has 0 saturated heterocycles. The molecule has 1 aliphatic heterocycles. The Hall–Kier alpha value is -8.10. The smallest absolute Gasteiger partial charge is 0.119 e. The van der Waals surface area contributed by atoms with Crippen molar-refractivity contribution in [1.29, 1.82) is 0 Å². The number of fused-ring (bicyclic) bond motifs is 13. The van der Waals surface area contributed by atoms with Crippen LogP contribution in [0.3, 0.4) is 0 Å². The first-order valence-electron chi connectivity index (χ1n) is 21.0. The summed E-state index contributed by atoms with van der Waals surface area (Å²) in [5.74, 6) is 1.64. The van der Waals surface area contributed by atoms with Gasteiger partial charge in [0, 0.05) is 103 Å². The molecule has 0 fully saturated rings. The van der Waals surface area contributed by atoms with Gasteiger partial charge in [-0.15, -0.1) is 0 Å². The minimum absolute atomic E-state index is 0.554. The van der Waals surface area contributed by atoms with Crippen LogP contribution in [0.4, 0.5) is 0 Å². The van der Waals surface area contributed by atoms with Crippen molar-refractivity contribution in [2.45, 2.75) is 12.8 Å². The molecule has 8 bridgehead atoms. The largest absolute Gasteiger partial charge is 0.493 e. The Kier molecular flexibility index (Phi) is 9.63. The highest BCUT2D eigenvalue weighted by atomic mass is 16.5. The van der Waals surface area contributed by atoms with E-state index in [0.29, 0.717) is 13.2 Å². The molecule has 0 unspecified atom stereocenters. The summed E-state index contributed by atoms with van der Waals surface area (Å²) in [6, 6.07) is 54.8. The Morgan fingerprint density at radius 2 is 0.935 bits per heavy atom. The van der Waals surface area contributed by atoms with Crippen LogP contribution >= 0.6 is 0 Å². The van der Waals surface area contributed by atoms with Gasteiger partial charge in [-0.2, -0.15) is 0 Å². The van der Waals surface area contributed by atoms with Crippen LogP contribution in [0.1, 0.15) is 34.2 Å². The molecule has 10 aromatic rings. The van der Waals surface area contributed by atoms with E-state index >= 15 is 0 Å². The molecule has 4 aromatic carbocycles. The second-order valence-corrected chi connectivity index (χ2v) is 15.5. The van der Waals surface area contributed by atoms with E-state index in [1.165, 1.54) is 16.2 Å². The number of rotatable bonds is 10. The molecule has 62 heavy (non-hydrogen) atoms. The number of pyridine rings is 2. The van der Waals surface area contributed by atoms with Crippen molar-refractivity contribution >= 4 is 45.8 Å². The fraction of sp³-hybridized carbons (Fsp3) is 0.0741. The van der Waals surface area contributed by atoms with Gasteiger partial charge in [-0.3, -0.25) is 9.97 Å². The number of ether oxygens (including phenoxy) is 2. The van der Waals surface area contributed by atoms with Gasteiger partial charge in [-0.05, 0) is 144 Å². The molecule has 1 aliphatic rings. The first kappa shape index (κ1) is 36.9. The van der Waals surface area contributed by atoms with E-state index in [9.17, 15) is 0 Å². The van der Waals surface area contributed by atoms with Crippen molar-refractivity contribution in [2.75, 3.05) is 13.2 Å². The molecular weight excluding hydrogens is 765 g/mol. The molecule has 0 atom stereocenters. The highest BCUT2D eigenvalue weighted by Gasteiger charge is 2.14. The van der Waals surface area contributed by atoms with E-state index < -0.39 is 0 Å². The van der Waals surface area contributed by atoms with E-state index in [1.807, 2.05) is 73.1 Å². The Morgan fingerprint density at radius 1 is 0.419 bits per heavy atom. The summed E-state index contributed by atoms with van der Waals surface area (Å²) in [5.41, 5.74) is 8.27. The van der Waals surface area contributed by atoms with E-state index in [0.717, 1.165) is 96.7 Å². The lowest BCUT2D eigenvalue weighted by molar-refractivity contribution is 0.320. The standard InChI is InChI=1S/C54H42N6O2/c1-2-10-50-37(7-1)11-26-51-52-35-46-16-14-44(59(46)42-18-22-48(23-19-42)61-31-27-38-8-3-5-29-55-38)33-40-12-13-41(57-40)34-45-15-17-47(36-53(58-52)54(50)51)60(45)43-20-24-49(25-21-43)62-32-28-39-9-4-6-30-56-39/h1-26,29-30,33-36,57-58H,27-28,31-32H2. The zero-order valence-electron chi connectivity index (χ0n) is 33.9. The fourth-order valence-electron chi connectivity index (χ4n) is 8.50. The summed E-state index contributed by atoms with van der Waals surface area (Å²) in [7, 11) is 0. The monoisotopic (exact) mass is 806 g/mol. The van der Waals surface area contributed by atoms with Gasteiger partial charge < -0.3 is 28.6 Å². The molecule has 0 amide bonds. The summed E-state index contributed by atoms with van der Waals surface area (Å²) in [6.45, 7) is 1.11. The fourth-order valence-corrected chi connectivity index (χ4v) is 8.50. The molecule has 8 heteroatoms. The maximum atomic E-state index is 6.16. The SMILES string of the molecule is C1=c2ccc([nH]2)=Cc2ccc(n2-c2ccc(OCCc3ccccn3)cc2)C=c2[nH]c(c3ccc4ccccc4c23)=Cc2ccc1n2-c1ccc(OCCc2ccccn2)cc1. The Balaban J connectivity index is 1.03. The second kappa shape index (κ2) is 16.2. The summed E-state index contributed by atoms with van der Waals surface area (Å²) in [5, 5.41) is 8.79. The van der Waals surface area contributed by atoms with Gasteiger partial charge in [0.1, 0.15) is 11.5 Å². The minimum Gasteiger partial charge on any atom is -0.493 e. The van der Waals surface area contributed by atoms with Gasteiger partial charge in [0.2, 0.25) is 0 Å². The summed E-state index contributed by atoms with van der Waals surface area (Å²) >= 11 is 0. The Morgan fingerprint density at radius 3 is 1.48 bits per heavy atom. The quantitative estimate of drug-likeness (QED) is 0.147. The van der Waals surface area contributed by atoms with E-state index in [2.05, 4.69) is 150 Å². The van der Waals surface area contributed by atoms with Gasteiger partial charge in [0.15, 0.2) is 0 Å². The predicted octanol–water partition coefficient (Wildman–Crippen LogP) is 7.89. The third-order valence-corrected chi connectivity index (χ3v) is 11.5. The molecule has 6 aromatic heterocycles. The molecule has 0 spiro atoms. The number of aromatic amines is 2. The zero-order chi connectivity index (χ0) is 41.2. The van der Waals surface area contributed by atoms with Crippen LogP contribution in [0, 0.1) is 0 Å². The average molecular weight is 807 g/mol. The third kappa shape index (κ3) is 7.39. The molecule has 0 radical (unpaired) electrons. The first-order chi connectivity index (χ1) is 30.7. The van der Waals surface area contributed by atoms with Crippen LogP contribution in [0.15, 0.2) is 170 Å². The van der Waals surface area contributed by atoms with Crippen molar-refractivity contribution < 1.29 is 9.47 Å². The number of nitrogens with zero attached hydrogens (tertiary/aromatic N) is 4. The summed E-state index contributed by atoms with van der Waals surface area (Å²) in [6.07, 6.45) is 14.1. The van der Waals surface area contributed by atoms with Gasteiger partial charge in [0.25, 0.3) is 0 Å². The minimum atomic E-state index is 0.554. The molecule has 300 valence electrons. The van der Waals surface area contributed by atoms with E-state index in [1.54, 1.807) is 0 Å². The Labute approximate surface area is 357 Å². The highest BCUT2D eigenvalue weighted by Crippen LogP contribution is 2.26. The van der Waals surface area contributed by atoms with Crippen LogP contribution in [-0.4, -0.2) is 42.3 Å². The van der Waals surface area contributed by atoms with Crippen molar-refractivity contribution in [3.63, 3.8) is 0 Å². The maximum Gasteiger partial charge on any atom is 0.119 e. The molecule has 0 aliphatic carbocycles. The first-order valence-corrected chi connectivity index (χ1v) is 21.0. The van der Waals surface area contributed by atoms with Gasteiger partial charge in [-0.1, -0.05) is 48.5 Å². The molecule has 8 nitrogen and oxygen atoms in total. The lowest BCUT2D eigenvalue weighted by atomic mass is 10.0. The maximum absolute atomic E-state index is 6.16. The van der Waals surface area contributed by atoms with Crippen molar-refractivity contribution in [1.82, 2.24) is 29.1 Å². The summed E-state index contributed by atoms with van der Waals surface area (Å²) < 4.78 is 16.9. The van der Waals surface area contributed by atoms with Crippen LogP contribution < -0.4 is 30.9 Å². The average Bonchev–Trinajstić information content (AvgIpc) is 4.11. The number of hydrogen-bond donors (Lipinski definition) is 2. The lowest BCUT2D eigenvalue weighted by Gasteiger charge is -2.12.